The molecule has 7 nitrogen and oxygen atoms in total. The van der Waals surface area contributed by atoms with Gasteiger partial charge in [0, 0.05) is 12.3 Å². The maximum Gasteiger partial charge on any atom is 0.407 e. The van der Waals surface area contributed by atoms with Gasteiger partial charge in [0.1, 0.15) is 18.7 Å². The lowest BCUT2D eigenvalue weighted by Crippen LogP contribution is -2.52. The number of carbonyl (C=O) groups excluding carboxylic acids is 2. The first-order chi connectivity index (χ1) is 17.8. The van der Waals surface area contributed by atoms with Crippen molar-refractivity contribution in [2.75, 3.05) is 6.61 Å². The van der Waals surface area contributed by atoms with Gasteiger partial charge >= 0.3 is 12.1 Å². The van der Waals surface area contributed by atoms with Crippen LogP contribution in [0.2, 0.25) is 0 Å². The van der Waals surface area contributed by atoms with E-state index in [1.807, 2.05) is 80.6 Å². The number of hydrogen-bond donors (Lipinski definition) is 3. The summed E-state index contributed by atoms with van der Waals surface area (Å²) >= 11 is 0. The van der Waals surface area contributed by atoms with Gasteiger partial charge in [-0.15, -0.1) is 0 Å². The molecule has 0 aromatic heterocycles. The molecule has 2 atom stereocenters. The fourth-order valence-corrected chi connectivity index (χ4v) is 4.81. The number of benzene rings is 3. The highest BCUT2D eigenvalue weighted by Gasteiger charge is 2.31. The zero-order chi connectivity index (χ0) is 26.4. The molecule has 7 heteroatoms. The lowest BCUT2D eigenvalue weighted by Gasteiger charge is -2.23. The number of fused-ring (bicyclic) bond motifs is 3. The van der Waals surface area contributed by atoms with Crippen LogP contribution in [0.5, 0.6) is 0 Å². The number of carbonyl (C=O) groups is 3. The number of carboxylic acids is 1. The molecule has 0 radical (unpaired) electrons. The van der Waals surface area contributed by atoms with E-state index in [0.29, 0.717) is 6.42 Å². The SMILES string of the molecule is CC(C)CC(NC(=O)OCC1c2ccccc2-c2ccccc21)C(=O)NC(Cc1ccccc1)C(=O)O. The van der Waals surface area contributed by atoms with Crippen molar-refractivity contribution in [1.29, 1.82) is 0 Å². The van der Waals surface area contributed by atoms with E-state index in [4.69, 9.17) is 4.74 Å². The smallest absolute Gasteiger partial charge is 0.407 e. The summed E-state index contributed by atoms with van der Waals surface area (Å²) in [4.78, 5) is 37.7. The maximum atomic E-state index is 13.1. The summed E-state index contributed by atoms with van der Waals surface area (Å²) in [6, 6.07) is 23.2. The predicted molar refractivity (Wildman–Crippen MR) is 141 cm³/mol. The van der Waals surface area contributed by atoms with Crippen LogP contribution in [0, 0.1) is 5.92 Å². The van der Waals surface area contributed by atoms with Crippen LogP contribution in [0.4, 0.5) is 4.79 Å². The highest BCUT2D eigenvalue weighted by molar-refractivity contribution is 5.89. The summed E-state index contributed by atoms with van der Waals surface area (Å²) < 4.78 is 5.60. The molecular weight excluding hydrogens is 468 g/mol. The molecule has 3 N–H and O–H groups in total. The van der Waals surface area contributed by atoms with E-state index in [1.54, 1.807) is 0 Å². The van der Waals surface area contributed by atoms with Crippen molar-refractivity contribution in [2.45, 2.75) is 44.7 Å². The minimum Gasteiger partial charge on any atom is -0.480 e. The molecule has 2 amide bonds. The van der Waals surface area contributed by atoms with Gasteiger partial charge < -0.3 is 20.5 Å². The topological polar surface area (TPSA) is 105 Å². The van der Waals surface area contributed by atoms with E-state index >= 15 is 0 Å². The van der Waals surface area contributed by atoms with Gasteiger partial charge in [0.25, 0.3) is 0 Å². The van der Waals surface area contributed by atoms with Gasteiger partial charge in [-0.3, -0.25) is 4.79 Å². The normalized spacial score (nSPS) is 13.8. The number of amides is 2. The van der Waals surface area contributed by atoms with Gasteiger partial charge in [0.2, 0.25) is 5.91 Å². The molecule has 0 aliphatic heterocycles. The number of alkyl carbamates (subject to hydrolysis) is 1. The molecule has 0 bridgehead atoms. The molecule has 0 heterocycles. The van der Waals surface area contributed by atoms with Crippen LogP contribution in [-0.4, -0.2) is 41.8 Å². The van der Waals surface area contributed by atoms with Gasteiger partial charge in [0.05, 0.1) is 0 Å². The van der Waals surface area contributed by atoms with Crippen LogP contribution in [-0.2, 0) is 20.7 Å². The standard InChI is InChI=1S/C30H32N2O5/c1-19(2)16-26(28(33)31-27(29(34)35)17-20-10-4-3-5-11-20)32-30(36)37-18-25-23-14-8-6-12-21(23)22-13-7-9-15-24(22)25/h3-15,19,25-27H,16-18H2,1-2H3,(H,31,33)(H,32,36)(H,34,35). The van der Waals surface area contributed by atoms with Crippen LogP contribution in [0.25, 0.3) is 11.1 Å². The Labute approximate surface area is 216 Å². The average Bonchev–Trinajstić information content (AvgIpc) is 3.20. The Morgan fingerprint density at radius 1 is 0.811 bits per heavy atom. The summed E-state index contributed by atoms with van der Waals surface area (Å²) in [7, 11) is 0. The second-order valence-electron chi connectivity index (χ2n) is 9.74. The largest absolute Gasteiger partial charge is 0.480 e. The lowest BCUT2D eigenvalue weighted by atomic mass is 9.98. The van der Waals surface area contributed by atoms with Crippen LogP contribution in [0.3, 0.4) is 0 Å². The average molecular weight is 501 g/mol. The predicted octanol–water partition coefficient (Wildman–Crippen LogP) is 4.75. The fraction of sp³-hybridized carbons (Fsp3) is 0.300. The van der Waals surface area contributed by atoms with Gasteiger partial charge in [0.15, 0.2) is 0 Å². The van der Waals surface area contributed by atoms with Gasteiger partial charge in [-0.05, 0) is 40.2 Å². The molecule has 0 saturated heterocycles. The van der Waals surface area contributed by atoms with E-state index in [-0.39, 0.29) is 24.9 Å². The van der Waals surface area contributed by atoms with Gasteiger partial charge in [-0.25, -0.2) is 9.59 Å². The van der Waals surface area contributed by atoms with Crippen molar-refractivity contribution < 1.29 is 24.2 Å². The maximum absolute atomic E-state index is 13.1. The van der Waals surface area contributed by atoms with Crippen LogP contribution in [0.1, 0.15) is 42.9 Å². The van der Waals surface area contributed by atoms with Gasteiger partial charge in [-0.2, -0.15) is 0 Å². The van der Waals surface area contributed by atoms with Crippen LogP contribution < -0.4 is 10.6 Å². The van der Waals surface area contributed by atoms with Crippen molar-refractivity contribution in [3.8, 4) is 11.1 Å². The second-order valence-corrected chi connectivity index (χ2v) is 9.74. The summed E-state index contributed by atoms with van der Waals surface area (Å²) in [6.07, 6.45) is -0.229. The zero-order valence-electron chi connectivity index (χ0n) is 21.0. The van der Waals surface area contributed by atoms with E-state index in [2.05, 4.69) is 22.8 Å². The number of carboxylic acid groups (broad SMARTS) is 1. The molecule has 1 aliphatic carbocycles. The van der Waals surface area contributed by atoms with Crippen molar-refractivity contribution >= 4 is 18.0 Å². The molecule has 192 valence electrons. The number of hydrogen-bond acceptors (Lipinski definition) is 4. The summed E-state index contributed by atoms with van der Waals surface area (Å²) in [5, 5.41) is 14.9. The van der Waals surface area contributed by atoms with Gasteiger partial charge in [-0.1, -0.05) is 92.7 Å². The molecule has 0 fully saturated rings. The third-order valence-corrected chi connectivity index (χ3v) is 6.56. The van der Waals surface area contributed by atoms with E-state index in [9.17, 15) is 19.5 Å². The minimum atomic E-state index is -1.14. The van der Waals surface area contributed by atoms with Crippen molar-refractivity contribution in [2.24, 2.45) is 5.92 Å². The van der Waals surface area contributed by atoms with Crippen molar-refractivity contribution in [3.05, 3.63) is 95.6 Å². The van der Waals surface area contributed by atoms with E-state index in [1.165, 1.54) is 0 Å². The number of nitrogens with one attached hydrogen (secondary N) is 2. The van der Waals surface area contributed by atoms with Crippen molar-refractivity contribution in [3.63, 3.8) is 0 Å². The monoisotopic (exact) mass is 500 g/mol. The van der Waals surface area contributed by atoms with Crippen LogP contribution in [0.15, 0.2) is 78.9 Å². The first-order valence-electron chi connectivity index (χ1n) is 12.5. The highest BCUT2D eigenvalue weighted by Crippen LogP contribution is 2.44. The molecule has 2 unspecified atom stereocenters. The Morgan fingerprint density at radius 3 is 1.95 bits per heavy atom. The third-order valence-electron chi connectivity index (χ3n) is 6.56. The Morgan fingerprint density at radius 2 is 1.38 bits per heavy atom. The first kappa shape index (κ1) is 25.9. The highest BCUT2D eigenvalue weighted by atomic mass is 16.5. The minimum absolute atomic E-state index is 0.0852. The summed E-state index contributed by atoms with van der Waals surface area (Å²) in [6.45, 7) is 3.98. The Bertz CT molecular complexity index is 1210. The van der Waals surface area contributed by atoms with Crippen molar-refractivity contribution in [1.82, 2.24) is 10.6 Å². The molecule has 3 aromatic carbocycles. The van der Waals surface area contributed by atoms with E-state index in [0.717, 1.165) is 27.8 Å². The summed E-state index contributed by atoms with van der Waals surface area (Å²) in [5.41, 5.74) is 5.24. The quantitative estimate of drug-likeness (QED) is 0.373. The third kappa shape index (κ3) is 6.36. The molecular formula is C30H32N2O5. The first-order valence-corrected chi connectivity index (χ1v) is 12.5. The Balaban J connectivity index is 1.41. The van der Waals surface area contributed by atoms with Crippen LogP contribution >= 0.6 is 0 Å². The molecule has 0 saturated carbocycles. The lowest BCUT2D eigenvalue weighted by molar-refractivity contribution is -0.142. The second kappa shape index (κ2) is 11.7. The number of ether oxygens (including phenoxy) is 1. The fourth-order valence-electron chi connectivity index (χ4n) is 4.81. The molecule has 4 rings (SSSR count). The molecule has 37 heavy (non-hydrogen) atoms. The van der Waals surface area contributed by atoms with E-state index < -0.39 is 30.1 Å². The summed E-state index contributed by atoms with van der Waals surface area (Å²) in [5.74, 6) is -1.70. The molecule has 0 spiro atoms. The molecule has 3 aromatic rings. The number of aliphatic carboxylic acids is 1. The number of rotatable bonds is 10. The Kier molecular flexibility index (Phi) is 8.23. The Hall–Kier alpha value is -4.13. The zero-order valence-corrected chi connectivity index (χ0v) is 21.0. The molecule has 1 aliphatic rings.